The van der Waals surface area contributed by atoms with Crippen LogP contribution in [0.1, 0.15) is 56.6 Å². The van der Waals surface area contributed by atoms with Gasteiger partial charge in [0.05, 0.1) is 0 Å². The number of rotatable bonds is 7. The summed E-state index contributed by atoms with van der Waals surface area (Å²) in [4.78, 5) is 17.1. The fraction of sp³-hybridized carbons (Fsp3) is 0.455. The summed E-state index contributed by atoms with van der Waals surface area (Å²) in [7, 11) is -3.72. The fourth-order valence-corrected chi connectivity index (χ4v) is 2.80. The smallest absolute Gasteiger partial charge is 0.324 e. The molecule has 2 rings (SSSR count). The van der Waals surface area contributed by atoms with Crippen molar-refractivity contribution < 1.29 is 14.4 Å². The fourth-order valence-electron chi connectivity index (χ4n) is 2.17. The lowest BCUT2D eigenvalue weighted by molar-refractivity contribution is 0.370. The Morgan fingerprint density at radius 2 is 1.08 bits per heavy atom. The Morgan fingerprint density at radius 3 is 1.38 bits per heavy atom. The molecule has 0 bridgehead atoms. The summed E-state index contributed by atoms with van der Waals surface area (Å²) in [5, 5.41) is 0. The third-order valence-corrected chi connectivity index (χ3v) is 4.58. The lowest BCUT2D eigenvalue weighted by Gasteiger charge is -2.02. The van der Waals surface area contributed by atoms with Crippen LogP contribution in [0.3, 0.4) is 0 Å². The highest BCUT2D eigenvalue weighted by Crippen LogP contribution is 2.35. The molecule has 0 aliphatic carbocycles. The van der Waals surface area contributed by atoms with Gasteiger partial charge in [0.25, 0.3) is 0 Å². The van der Waals surface area contributed by atoms with Crippen molar-refractivity contribution in [2.45, 2.75) is 59.3 Å². The summed E-state index contributed by atoms with van der Waals surface area (Å²) < 4.78 is 10.4. The molecule has 26 heavy (non-hydrogen) atoms. The van der Waals surface area contributed by atoms with E-state index in [1.54, 1.807) is 0 Å². The minimum absolute atomic E-state index is 0.0547. The van der Waals surface area contributed by atoms with E-state index >= 15 is 0 Å². The van der Waals surface area contributed by atoms with Crippen molar-refractivity contribution in [2.75, 3.05) is 6.16 Å². The summed E-state index contributed by atoms with van der Waals surface area (Å²) in [5.74, 6) is 0. The van der Waals surface area contributed by atoms with Crippen LogP contribution in [0.5, 0.6) is 0 Å². The molecule has 0 saturated carbocycles. The third kappa shape index (κ3) is 18.9. The number of hydrogen-bond acceptors (Lipinski definition) is 1. The van der Waals surface area contributed by atoms with E-state index in [2.05, 4.69) is 45.0 Å². The molecule has 4 heteroatoms. The zero-order valence-corrected chi connectivity index (χ0v) is 17.4. The molecule has 0 atom stereocenters. The highest BCUT2D eigenvalue weighted by atomic mass is 31.2. The second kappa shape index (κ2) is 15.8. The van der Waals surface area contributed by atoms with Gasteiger partial charge in [-0.2, -0.15) is 0 Å². The van der Waals surface area contributed by atoms with Gasteiger partial charge in [-0.3, -0.25) is 4.57 Å². The van der Waals surface area contributed by atoms with Crippen LogP contribution in [0.25, 0.3) is 0 Å². The normalized spacial score (nSPS) is 10.2. The Kier molecular flexibility index (Phi) is 15.0. The largest absolute Gasteiger partial charge is 0.325 e. The maximum Gasteiger partial charge on any atom is 0.325 e. The van der Waals surface area contributed by atoms with Crippen LogP contribution in [-0.4, -0.2) is 15.9 Å². The Hall–Kier alpha value is -1.41. The van der Waals surface area contributed by atoms with E-state index in [4.69, 9.17) is 9.79 Å². The lowest BCUT2D eigenvalue weighted by atomic mass is 10.1. The molecule has 0 aliphatic heterocycles. The zero-order valence-electron chi connectivity index (χ0n) is 16.5. The van der Waals surface area contributed by atoms with Gasteiger partial charge in [0.15, 0.2) is 0 Å². The van der Waals surface area contributed by atoms with Crippen molar-refractivity contribution >= 4 is 7.60 Å². The van der Waals surface area contributed by atoms with Crippen molar-refractivity contribution in [3.8, 4) is 0 Å². The van der Waals surface area contributed by atoms with E-state index in [1.807, 2.05) is 36.4 Å². The van der Waals surface area contributed by atoms with Gasteiger partial charge >= 0.3 is 7.60 Å². The predicted octanol–water partition coefficient (Wildman–Crippen LogP) is 6.51. The van der Waals surface area contributed by atoms with E-state index in [9.17, 15) is 4.57 Å². The van der Waals surface area contributed by atoms with Crippen LogP contribution in [0.15, 0.2) is 60.7 Å². The minimum Gasteiger partial charge on any atom is -0.324 e. The van der Waals surface area contributed by atoms with Crippen molar-refractivity contribution in [3.05, 3.63) is 71.8 Å². The first-order valence-electron chi connectivity index (χ1n) is 9.43. The summed E-state index contributed by atoms with van der Waals surface area (Å²) in [5.41, 5.74) is 2.64. The van der Waals surface area contributed by atoms with Gasteiger partial charge in [-0.1, -0.05) is 111 Å². The van der Waals surface area contributed by atoms with E-state index in [0.29, 0.717) is 6.42 Å². The molecule has 0 fully saturated rings. The van der Waals surface area contributed by atoms with Gasteiger partial charge in [0.1, 0.15) is 0 Å². The van der Waals surface area contributed by atoms with Crippen LogP contribution in [-0.2, 0) is 4.57 Å². The summed E-state index contributed by atoms with van der Waals surface area (Å²) in [6.45, 7) is 6.32. The maximum atomic E-state index is 10.4. The molecular formula is C22H35O3P. The third-order valence-electron chi connectivity index (χ3n) is 3.68. The monoisotopic (exact) mass is 378 g/mol. The first-order valence-corrected chi connectivity index (χ1v) is 11.2. The summed E-state index contributed by atoms with van der Waals surface area (Å²) >= 11 is 0. The van der Waals surface area contributed by atoms with Gasteiger partial charge in [-0.25, -0.2) is 0 Å². The zero-order chi connectivity index (χ0) is 19.7. The first kappa shape index (κ1) is 24.6. The highest BCUT2D eigenvalue weighted by molar-refractivity contribution is 7.51. The van der Waals surface area contributed by atoms with Gasteiger partial charge in [0.2, 0.25) is 0 Å². The predicted molar refractivity (Wildman–Crippen MR) is 113 cm³/mol. The van der Waals surface area contributed by atoms with Crippen LogP contribution in [0.4, 0.5) is 0 Å². The summed E-state index contributed by atoms with van der Waals surface area (Å²) in [6, 6.07) is 20.5. The molecule has 2 N–H and O–H groups in total. The van der Waals surface area contributed by atoms with Crippen LogP contribution in [0, 0.1) is 13.8 Å². The molecule has 0 aliphatic rings. The Bertz CT molecular complexity index is 541. The molecule has 3 nitrogen and oxygen atoms in total. The van der Waals surface area contributed by atoms with Gasteiger partial charge in [-0.15, -0.1) is 0 Å². The standard InChI is InChI=1S/C8H19O3P.2C7H8/c1-2-3-4-5-6-7-8-12(9,10)11;2*1-7-5-3-2-4-6-7/h2-8H2,1H3,(H2,9,10,11);2*2-6H,1H3. The molecule has 2 aromatic carbocycles. The Labute approximate surface area is 159 Å². The Morgan fingerprint density at radius 1 is 0.692 bits per heavy atom. The quantitative estimate of drug-likeness (QED) is 0.426. The number of hydrogen-bond donors (Lipinski definition) is 2. The molecule has 146 valence electrons. The molecule has 0 aromatic heterocycles. The van der Waals surface area contributed by atoms with Gasteiger partial charge in [0, 0.05) is 6.16 Å². The highest BCUT2D eigenvalue weighted by Gasteiger charge is 2.10. The van der Waals surface area contributed by atoms with Crippen molar-refractivity contribution in [1.82, 2.24) is 0 Å². The first-order chi connectivity index (χ1) is 12.3. The average Bonchev–Trinajstić information content (AvgIpc) is 2.60. The van der Waals surface area contributed by atoms with E-state index < -0.39 is 7.60 Å². The number of aryl methyl sites for hydroxylation is 2. The molecule has 0 unspecified atom stereocenters. The SMILES string of the molecule is CCCCCCCCP(=O)(O)O.Cc1ccccc1.Cc1ccccc1. The van der Waals surface area contributed by atoms with Crippen LogP contribution in [0.2, 0.25) is 0 Å². The second-order valence-corrected chi connectivity index (χ2v) is 8.24. The molecule has 0 amide bonds. The molecule has 0 spiro atoms. The van der Waals surface area contributed by atoms with Crippen LogP contribution < -0.4 is 0 Å². The maximum absolute atomic E-state index is 10.4. The lowest BCUT2D eigenvalue weighted by Crippen LogP contribution is -1.88. The van der Waals surface area contributed by atoms with Crippen molar-refractivity contribution in [1.29, 1.82) is 0 Å². The van der Waals surface area contributed by atoms with E-state index in [1.165, 1.54) is 30.4 Å². The van der Waals surface area contributed by atoms with Crippen LogP contribution >= 0.6 is 7.60 Å². The number of unbranched alkanes of at least 4 members (excludes halogenated alkanes) is 5. The van der Waals surface area contributed by atoms with Crippen molar-refractivity contribution in [3.63, 3.8) is 0 Å². The second-order valence-electron chi connectivity index (χ2n) is 6.47. The molecule has 0 radical (unpaired) electrons. The molecule has 2 aromatic rings. The van der Waals surface area contributed by atoms with Gasteiger partial charge in [-0.05, 0) is 20.3 Å². The average molecular weight is 378 g/mol. The molecular weight excluding hydrogens is 343 g/mol. The summed E-state index contributed by atoms with van der Waals surface area (Å²) in [6.07, 6.45) is 6.40. The van der Waals surface area contributed by atoms with E-state index in [-0.39, 0.29) is 6.16 Å². The number of benzene rings is 2. The minimum atomic E-state index is -3.72. The Balaban J connectivity index is 0.000000381. The molecule has 0 saturated heterocycles. The topological polar surface area (TPSA) is 57.5 Å². The molecule has 0 heterocycles. The van der Waals surface area contributed by atoms with Gasteiger partial charge < -0.3 is 9.79 Å². The van der Waals surface area contributed by atoms with E-state index in [0.717, 1.165) is 12.8 Å². The van der Waals surface area contributed by atoms with Crippen molar-refractivity contribution in [2.24, 2.45) is 0 Å².